The summed E-state index contributed by atoms with van der Waals surface area (Å²) in [5.41, 5.74) is 1.02. The Kier molecular flexibility index (Phi) is 3.70. The topological polar surface area (TPSA) is 20.2 Å². The Labute approximate surface area is 120 Å². The maximum atomic E-state index is 11.5. The standard InChI is InChI=1S/C19H20O/c20-19(16-10-4-1-5-11-16,17-12-6-2-7-13-17)18-14-8-3-9-15-18/h1-2,4-8,10-14,18,20H,3,9,15H2/t18-/m0/s1. The van der Waals surface area contributed by atoms with Crippen molar-refractivity contribution in [3.8, 4) is 0 Å². The van der Waals surface area contributed by atoms with Gasteiger partial charge in [-0.2, -0.15) is 0 Å². The third-order valence-electron chi connectivity index (χ3n) is 4.22. The second-order valence-corrected chi connectivity index (χ2v) is 5.46. The second kappa shape index (κ2) is 5.64. The van der Waals surface area contributed by atoms with Crippen LogP contribution in [0, 0.1) is 5.92 Å². The molecule has 0 aromatic heterocycles. The molecule has 0 radical (unpaired) electrons. The van der Waals surface area contributed by atoms with Crippen LogP contribution < -0.4 is 0 Å². The average molecular weight is 264 g/mol. The van der Waals surface area contributed by atoms with Crippen LogP contribution in [0.3, 0.4) is 0 Å². The fourth-order valence-electron chi connectivity index (χ4n) is 3.14. The van der Waals surface area contributed by atoms with Crippen LogP contribution in [0.1, 0.15) is 30.4 Å². The molecule has 0 heterocycles. The van der Waals surface area contributed by atoms with E-state index in [-0.39, 0.29) is 5.92 Å². The van der Waals surface area contributed by atoms with Gasteiger partial charge in [-0.15, -0.1) is 0 Å². The van der Waals surface area contributed by atoms with Crippen molar-refractivity contribution in [1.82, 2.24) is 0 Å². The molecule has 2 aromatic rings. The van der Waals surface area contributed by atoms with Crippen LogP contribution in [0.5, 0.6) is 0 Å². The van der Waals surface area contributed by atoms with Crippen molar-refractivity contribution in [2.45, 2.75) is 24.9 Å². The third kappa shape index (κ3) is 2.30. The van der Waals surface area contributed by atoms with Crippen molar-refractivity contribution in [3.05, 3.63) is 83.9 Å². The molecule has 0 fully saturated rings. The molecule has 102 valence electrons. The molecule has 20 heavy (non-hydrogen) atoms. The van der Waals surface area contributed by atoms with Gasteiger partial charge < -0.3 is 5.11 Å². The first kappa shape index (κ1) is 13.1. The van der Waals surface area contributed by atoms with Crippen molar-refractivity contribution in [2.24, 2.45) is 5.92 Å². The van der Waals surface area contributed by atoms with E-state index in [2.05, 4.69) is 12.2 Å². The van der Waals surface area contributed by atoms with Gasteiger partial charge in [0, 0.05) is 5.92 Å². The van der Waals surface area contributed by atoms with E-state index >= 15 is 0 Å². The maximum absolute atomic E-state index is 11.5. The minimum atomic E-state index is -0.931. The summed E-state index contributed by atoms with van der Waals surface area (Å²) in [6.07, 6.45) is 7.67. The number of hydrogen-bond acceptors (Lipinski definition) is 1. The van der Waals surface area contributed by atoms with Crippen LogP contribution in [0.15, 0.2) is 72.8 Å². The number of allylic oxidation sites excluding steroid dienone is 1. The lowest BCUT2D eigenvalue weighted by Gasteiger charge is -2.37. The number of benzene rings is 2. The van der Waals surface area contributed by atoms with Crippen LogP contribution in [-0.2, 0) is 5.60 Å². The van der Waals surface area contributed by atoms with E-state index < -0.39 is 5.60 Å². The van der Waals surface area contributed by atoms with E-state index in [0.717, 1.165) is 30.4 Å². The molecule has 1 aliphatic rings. The number of hydrogen-bond donors (Lipinski definition) is 1. The Morgan fingerprint density at radius 3 is 1.85 bits per heavy atom. The molecule has 1 nitrogen and oxygen atoms in total. The normalized spacial score (nSPS) is 18.9. The van der Waals surface area contributed by atoms with Gasteiger partial charge in [0.1, 0.15) is 5.60 Å². The Bertz CT molecular complexity index is 532. The summed E-state index contributed by atoms with van der Waals surface area (Å²) in [4.78, 5) is 0. The number of rotatable bonds is 3. The average Bonchev–Trinajstić information content (AvgIpc) is 2.56. The summed E-state index contributed by atoms with van der Waals surface area (Å²) in [5.74, 6) is 0.140. The fourth-order valence-corrected chi connectivity index (χ4v) is 3.14. The highest BCUT2D eigenvalue weighted by molar-refractivity contribution is 5.38. The van der Waals surface area contributed by atoms with Crippen LogP contribution in [0.4, 0.5) is 0 Å². The zero-order chi connectivity index (χ0) is 13.8. The van der Waals surface area contributed by atoms with Gasteiger partial charge in [-0.1, -0.05) is 72.8 Å². The lowest BCUT2D eigenvalue weighted by atomic mass is 9.72. The molecule has 0 saturated heterocycles. The minimum absolute atomic E-state index is 0.140. The van der Waals surface area contributed by atoms with E-state index in [1.54, 1.807) is 0 Å². The van der Waals surface area contributed by atoms with E-state index in [1.165, 1.54) is 0 Å². The summed E-state index contributed by atoms with van der Waals surface area (Å²) in [6.45, 7) is 0. The van der Waals surface area contributed by atoms with Crippen molar-refractivity contribution in [3.63, 3.8) is 0 Å². The van der Waals surface area contributed by atoms with Gasteiger partial charge in [-0.05, 0) is 30.4 Å². The fraction of sp³-hybridized carbons (Fsp3) is 0.263. The van der Waals surface area contributed by atoms with Gasteiger partial charge in [-0.25, -0.2) is 0 Å². The number of aliphatic hydroxyl groups is 1. The Morgan fingerprint density at radius 2 is 1.40 bits per heavy atom. The molecule has 1 heteroatoms. The van der Waals surface area contributed by atoms with Crippen molar-refractivity contribution in [1.29, 1.82) is 0 Å². The van der Waals surface area contributed by atoms with Crippen LogP contribution in [-0.4, -0.2) is 5.11 Å². The summed E-state index contributed by atoms with van der Waals surface area (Å²) in [6, 6.07) is 20.1. The molecule has 1 N–H and O–H groups in total. The maximum Gasteiger partial charge on any atom is 0.121 e. The predicted molar refractivity (Wildman–Crippen MR) is 82.4 cm³/mol. The van der Waals surface area contributed by atoms with Gasteiger partial charge in [0.25, 0.3) is 0 Å². The molecule has 0 saturated carbocycles. The minimum Gasteiger partial charge on any atom is -0.380 e. The molecule has 1 atom stereocenters. The lowest BCUT2D eigenvalue weighted by Crippen LogP contribution is -2.36. The molecule has 1 aliphatic carbocycles. The largest absolute Gasteiger partial charge is 0.380 e. The molecule has 0 amide bonds. The summed E-state index contributed by atoms with van der Waals surface area (Å²) < 4.78 is 0. The predicted octanol–water partition coefficient (Wildman–Crippen LogP) is 4.28. The molecular weight excluding hydrogens is 244 g/mol. The van der Waals surface area contributed by atoms with Crippen LogP contribution in [0.2, 0.25) is 0 Å². The zero-order valence-electron chi connectivity index (χ0n) is 11.6. The van der Waals surface area contributed by atoms with E-state index in [9.17, 15) is 5.11 Å². The molecular formula is C19H20O. The smallest absolute Gasteiger partial charge is 0.121 e. The zero-order valence-corrected chi connectivity index (χ0v) is 11.6. The SMILES string of the molecule is OC(c1ccccc1)(c1ccccc1)[C@H]1C=CCCC1. The highest BCUT2D eigenvalue weighted by atomic mass is 16.3. The molecule has 0 aliphatic heterocycles. The second-order valence-electron chi connectivity index (χ2n) is 5.46. The lowest BCUT2D eigenvalue weighted by molar-refractivity contribution is 0.0303. The highest BCUT2D eigenvalue weighted by Crippen LogP contribution is 2.41. The first-order valence-corrected chi connectivity index (χ1v) is 7.32. The van der Waals surface area contributed by atoms with Gasteiger partial charge in [0.15, 0.2) is 0 Å². The van der Waals surface area contributed by atoms with E-state index in [1.807, 2.05) is 60.7 Å². The van der Waals surface area contributed by atoms with Gasteiger partial charge in [0.05, 0.1) is 0 Å². The molecule has 2 aromatic carbocycles. The Hall–Kier alpha value is -1.86. The molecule has 3 rings (SSSR count). The molecule has 0 spiro atoms. The molecule has 0 unspecified atom stereocenters. The summed E-state index contributed by atoms with van der Waals surface area (Å²) in [5, 5.41) is 11.5. The highest BCUT2D eigenvalue weighted by Gasteiger charge is 2.38. The quantitative estimate of drug-likeness (QED) is 0.820. The Balaban J connectivity index is 2.12. The van der Waals surface area contributed by atoms with Gasteiger partial charge in [0.2, 0.25) is 0 Å². The monoisotopic (exact) mass is 264 g/mol. The van der Waals surface area contributed by atoms with Gasteiger partial charge >= 0.3 is 0 Å². The van der Waals surface area contributed by atoms with E-state index in [0.29, 0.717) is 0 Å². The van der Waals surface area contributed by atoms with Crippen molar-refractivity contribution in [2.75, 3.05) is 0 Å². The van der Waals surface area contributed by atoms with Crippen LogP contribution in [0.25, 0.3) is 0 Å². The van der Waals surface area contributed by atoms with E-state index in [4.69, 9.17) is 0 Å². The van der Waals surface area contributed by atoms with Gasteiger partial charge in [-0.3, -0.25) is 0 Å². The van der Waals surface area contributed by atoms with Crippen molar-refractivity contribution >= 4 is 0 Å². The van der Waals surface area contributed by atoms with Crippen LogP contribution >= 0.6 is 0 Å². The first-order chi connectivity index (χ1) is 9.82. The Morgan fingerprint density at radius 1 is 0.850 bits per heavy atom. The third-order valence-corrected chi connectivity index (χ3v) is 4.22. The summed E-state index contributed by atoms with van der Waals surface area (Å²) >= 11 is 0. The summed E-state index contributed by atoms with van der Waals surface area (Å²) in [7, 11) is 0. The first-order valence-electron chi connectivity index (χ1n) is 7.32. The molecule has 0 bridgehead atoms. The van der Waals surface area contributed by atoms with Crippen molar-refractivity contribution < 1.29 is 5.11 Å².